The molecule has 2 amide bonds. The summed E-state index contributed by atoms with van der Waals surface area (Å²) in [6.07, 6.45) is 1.76. The van der Waals surface area contributed by atoms with Crippen molar-refractivity contribution in [3.8, 4) is 11.5 Å². The van der Waals surface area contributed by atoms with E-state index in [1.165, 1.54) is 0 Å². The molecule has 0 bridgehead atoms. The smallest absolute Gasteiger partial charge is 0.243 e. The number of rotatable bonds is 13. The van der Waals surface area contributed by atoms with Crippen LogP contribution in [0.1, 0.15) is 43.4 Å². The molecule has 0 saturated heterocycles. The number of nitrogens with one attached hydrogen (secondary N) is 1. The van der Waals surface area contributed by atoms with Gasteiger partial charge in [0.05, 0.1) is 14.2 Å². The molecule has 0 aromatic heterocycles. The number of aryl methyl sites for hydroxylation is 1. The van der Waals surface area contributed by atoms with Gasteiger partial charge in [-0.3, -0.25) is 9.59 Å². The van der Waals surface area contributed by atoms with Gasteiger partial charge in [0.1, 0.15) is 6.04 Å². The number of carbonyl (C=O) groups is 2. The summed E-state index contributed by atoms with van der Waals surface area (Å²) >= 11 is 13.0. The van der Waals surface area contributed by atoms with Crippen molar-refractivity contribution < 1.29 is 19.1 Å². The monoisotopic (exact) mass is 570 g/mol. The number of benzene rings is 3. The summed E-state index contributed by atoms with van der Waals surface area (Å²) in [7, 11) is 3.15. The minimum Gasteiger partial charge on any atom is -0.493 e. The third kappa shape index (κ3) is 8.38. The standard InChI is InChI=1S/C31H36Cl2N2O4/c1-5-21(2)34-31(37)27(18-22-10-7-6-8-11-22)35(20-24-25(32)12-9-13-26(24)33)30(36)17-15-23-14-16-28(38-3)29(19-23)39-4/h6-14,16,19,21,27H,5,15,17-18,20H2,1-4H3,(H,34,37)/t21-,27+/m0/s1. The molecule has 0 radical (unpaired) electrons. The lowest BCUT2D eigenvalue weighted by atomic mass is 10.0. The Kier molecular flexibility index (Phi) is 11.5. The lowest BCUT2D eigenvalue weighted by molar-refractivity contribution is -0.141. The van der Waals surface area contributed by atoms with Crippen molar-refractivity contribution in [2.75, 3.05) is 14.2 Å². The van der Waals surface area contributed by atoms with Gasteiger partial charge in [-0.2, -0.15) is 0 Å². The van der Waals surface area contributed by atoms with Crippen LogP contribution in [0.4, 0.5) is 0 Å². The maximum atomic E-state index is 13.9. The first kappa shape index (κ1) is 30.3. The van der Waals surface area contributed by atoms with E-state index in [0.29, 0.717) is 39.9 Å². The number of carbonyl (C=O) groups excluding carboxylic acids is 2. The van der Waals surface area contributed by atoms with Crippen LogP contribution < -0.4 is 14.8 Å². The fourth-order valence-corrected chi connectivity index (χ4v) is 4.80. The topological polar surface area (TPSA) is 67.9 Å². The average Bonchev–Trinajstić information content (AvgIpc) is 2.95. The van der Waals surface area contributed by atoms with E-state index in [1.54, 1.807) is 37.3 Å². The van der Waals surface area contributed by atoms with Gasteiger partial charge >= 0.3 is 0 Å². The second kappa shape index (κ2) is 14.8. The van der Waals surface area contributed by atoms with Crippen molar-refractivity contribution in [3.05, 3.63) is 93.5 Å². The number of methoxy groups -OCH3 is 2. The highest BCUT2D eigenvalue weighted by molar-refractivity contribution is 6.36. The zero-order chi connectivity index (χ0) is 28.4. The van der Waals surface area contributed by atoms with Crippen molar-refractivity contribution in [2.24, 2.45) is 0 Å². The number of amides is 2. The Bertz CT molecular complexity index is 1230. The Morgan fingerprint density at radius 2 is 1.56 bits per heavy atom. The number of hydrogen-bond donors (Lipinski definition) is 1. The van der Waals surface area contributed by atoms with Crippen LogP contribution in [0.25, 0.3) is 0 Å². The third-order valence-corrected chi connectivity index (χ3v) is 7.45. The van der Waals surface area contributed by atoms with Crippen LogP contribution in [0, 0.1) is 0 Å². The summed E-state index contributed by atoms with van der Waals surface area (Å²) in [6, 6.07) is 19.7. The quantitative estimate of drug-likeness (QED) is 0.255. The predicted octanol–water partition coefficient (Wildman–Crippen LogP) is 6.50. The minimum absolute atomic E-state index is 0.0385. The van der Waals surface area contributed by atoms with Crippen LogP contribution >= 0.6 is 23.2 Å². The van der Waals surface area contributed by atoms with Crippen LogP contribution in [-0.2, 0) is 29.0 Å². The van der Waals surface area contributed by atoms with E-state index >= 15 is 0 Å². The highest BCUT2D eigenvalue weighted by Crippen LogP contribution is 2.30. The van der Waals surface area contributed by atoms with Crippen LogP contribution in [0.15, 0.2) is 66.7 Å². The molecular weight excluding hydrogens is 535 g/mol. The molecule has 39 heavy (non-hydrogen) atoms. The van der Waals surface area contributed by atoms with Crippen molar-refractivity contribution in [3.63, 3.8) is 0 Å². The molecule has 3 rings (SSSR count). The molecule has 0 spiro atoms. The summed E-state index contributed by atoms with van der Waals surface area (Å²) < 4.78 is 10.7. The Hall–Kier alpha value is -3.22. The van der Waals surface area contributed by atoms with Gasteiger partial charge in [-0.15, -0.1) is 0 Å². The maximum absolute atomic E-state index is 13.9. The van der Waals surface area contributed by atoms with E-state index in [2.05, 4.69) is 5.32 Å². The molecule has 0 heterocycles. The van der Waals surface area contributed by atoms with Crippen molar-refractivity contribution in [1.29, 1.82) is 0 Å². The molecule has 2 atom stereocenters. The first-order valence-corrected chi connectivity index (χ1v) is 13.8. The lowest BCUT2D eigenvalue weighted by Gasteiger charge is -2.33. The summed E-state index contributed by atoms with van der Waals surface area (Å²) in [4.78, 5) is 29.2. The fourth-order valence-electron chi connectivity index (χ4n) is 4.28. The second-order valence-corrected chi connectivity index (χ2v) is 10.2. The molecule has 208 valence electrons. The summed E-state index contributed by atoms with van der Waals surface area (Å²) in [5, 5.41) is 3.96. The van der Waals surface area contributed by atoms with Crippen molar-refractivity contribution in [2.45, 2.75) is 58.2 Å². The number of hydrogen-bond acceptors (Lipinski definition) is 4. The third-order valence-electron chi connectivity index (χ3n) is 6.74. The fraction of sp³-hybridized carbons (Fsp3) is 0.355. The molecule has 3 aromatic rings. The zero-order valence-electron chi connectivity index (χ0n) is 22.9. The van der Waals surface area contributed by atoms with Gasteiger partial charge in [-0.1, -0.05) is 72.6 Å². The average molecular weight is 572 g/mol. The van der Waals surface area contributed by atoms with Gasteiger partial charge in [-0.05, 0) is 55.2 Å². The molecular formula is C31H36Cl2N2O4. The molecule has 0 aliphatic carbocycles. The number of ether oxygens (including phenoxy) is 2. The minimum atomic E-state index is -0.758. The van der Waals surface area contributed by atoms with Crippen molar-refractivity contribution >= 4 is 35.0 Å². The molecule has 3 aromatic carbocycles. The molecule has 0 saturated carbocycles. The first-order valence-electron chi connectivity index (χ1n) is 13.0. The van der Waals surface area contributed by atoms with Gasteiger partial charge in [0.2, 0.25) is 11.8 Å². The Balaban J connectivity index is 1.96. The Labute approximate surface area is 241 Å². The Morgan fingerprint density at radius 1 is 0.897 bits per heavy atom. The van der Waals surface area contributed by atoms with E-state index < -0.39 is 6.04 Å². The second-order valence-electron chi connectivity index (χ2n) is 9.43. The van der Waals surface area contributed by atoms with Crippen molar-refractivity contribution in [1.82, 2.24) is 10.2 Å². The largest absolute Gasteiger partial charge is 0.493 e. The van der Waals surface area contributed by atoms with Gasteiger partial charge in [-0.25, -0.2) is 0 Å². The van der Waals surface area contributed by atoms with E-state index in [0.717, 1.165) is 17.5 Å². The lowest BCUT2D eigenvalue weighted by Crippen LogP contribution is -2.52. The zero-order valence-corrected chi connectivity index (χ0v) is 24.4. The van der Waals surface area contributed by atoms with Crippen LogP contribution in [0.2, 0.25) is 10.0 Å². The number of halogens is 2. The summed E-state index contributed by atoms with van der Waals surface area (Å²) in [5.41, 5.74) is 2.47. The molecule has 0 aliphatic rings. The highest BCUT2D eigenvalue weighted by Gasteiger charge is 2.31. The summed E-state index contributed by atoms with van der Waals surface area (Å²) in [5.74, 6) is 0.820. The predicted molar refractivity (Wildman–Crippen MR) is 157 cm³/mol. The van der Waals surface area contributed by atoms with Crippen LogP contribution in [-0.4, -0.2) is 43.0 Å². The maximum Gasteiger partial charge on any atom is 0.243 e. The van der Waals surface area contributed by atoms with E-state index in [9.17, 15) is 9.59 Å². The van der Waals surface area contributed by atoms with Gasteiger partial charge < -0.3 is 19.7 Å². The molecule has 0 unspecified atom stereocenters. The molecule has 1 N–H and O–H groups in total. The van der Waals surface area contributed by atoms with Gasteiger partial charge in [0.25, 0.3) is 0 Å². The van der Waals surface area contributed by atoms with E-state index in [4.69, 9.17) is 32.7 Å². The van der Waals surface area contributed by atoms with Gasteiger partial charge in [0.15, 0.2) is 11.5 Å². The first-order chi connectivity index (χ1) is 18.8. The SMILES string of the molecule is CC[C@H](C)NC(=O)[C@@H](Cc1ccccc1)N(Cc1c(Cl)cccc1Cl)C(=O)CCc1ccc(OC)c(OC)c1. The van der Waals surface area contributed by atoms with E-state index in [-0.39, 0.29) is 30.8 Å². The molecule has 6 nitrogen and oxygen atoms in total. The van der Waals surface area contributed by atoms with Crippen LogP contribution in [0.3, 0.4) is 0 Å². The molecule has 0 fully saturated rings. The molecule has 0 aliphatic heterocycles. The van der Waals surface area contributed by atoms with E-state index in [1.807, 2.05) is 62.4 Å². The highest BCUT2D eigenvalue weighted by atomic mass is 35.5. The van der Waals surface area contributed by atoms with Crippen LogP contribution in [0.5, 0.6) is 11.5 Å². The normalized spacial score (nSPS) is 12.4. The summed E-state index contributed by atoms with van der Waals surface area (Å²) in [6.45, 7) is 4.06. The number of nitrogens with zero attached hydrogens (tertiary/aromatic N) is 1. The molecule has 8 heteroatoms. The Morgan fingerprint density at radius 3 is 2.18 bits per heavy atom. The van der Waals surface area contributed by atoms with Gasteiger partial charge in [0, 0.05) is 41.0 Å².